The Morgan fingerprint density at radius 2 is 0.833 bits per heavy atom. The first-order chi connectivity index (χ1) is 8.91. The van der Waals surface area contributed by atoms with E-state index in [1.54, 1.807) is 0 Å². The number of nitrogens with two attached hydrogens (primary N) is 2. The zero-order valence-electron chi connectivity index (χ0n) is 12.2. The minimum absolute atomic E-state index is 0.712. The molecule has 3 nitrogen and oxygen atoms in total. The van der Waals surface area contributed by atoms with Crippen LogP contribution in [0.4, 0.5) is 0 Å². The second-order valence-electron chi connectivity index (χ2n) is 5.26. The van der Waals surface area contributed by atoms with Crippen LogP contribution in [0.1, 0.15) is 83.5 Å². The standard InChI is InChI=1S/C15H34N2O/c16-14-12-10-8-6-4-2-1-3-5-7-9-11-13-15-18-17/h1-17H2. The van der Waals surface area contributed by atoms with Crippen molar-refractivity contribution in [2.45, 2.75) is 83.5 Å². The highest BCUT2D eigenvalue weighted by Crippen LogP contribution is 2.12. The average Bonchev–Trinajstić information content (AvgIpc) is 2.39. The lowest BCUT2D eigenvalue weighted by atomic mass is 10.0. The summed E-state index contributed by atoms with van der Waals surface area (Å²) in [5.74, 6) is 4.97. The molecule has 0 aromatic heterocycles. The van der Waals surface area contributed by atoms with Gasteiger partial charge >= 0.3 is 0 Å². The molecule has 0 radical (unpaired) electrons. The third-order valence-corrected chi connectivity index (χ3v) is 3.47. The summed E-state index contributed by atoms with van der Waals surface area (Å²) in [6.07, 6.45) is 17.5. The van der Waals surface area contributed by atoms with Crippen LogP contribution in [0.15, 0.2) is 0 Å². The highest BCUT2D eigenvalue weighted by Gasteiger charge is 1.93. The van der Waals surface area contributed by atoms with Gasteiger partial charge in [-0.25, -0.2) is 5.90 Å². The quantitative estimate of drug-likeness (QED) is 0.346. The minimum atomic E-state index is 0.712. The van der Waals surface area contributed by atoms with E-state index in [4.69, 9.17) is 11.6 Å². The lowest BCUT2D eigenvalue weighted by molar-refractivity contribution is 0.133. The molecule has 0 aromatic carbocycles. The summed E-state index contributed by atoms with van der Waals surface area (Å²) >= 11 is 0. The largest absolute Gasteiger partial charge is 0.330 e. The molecular formula is C15H34N2O. The Balaban J connectivity index is 2.86. The van der Waals surface area contributed by atoms with Gasteiger partial charge in [0.05, 0.1) is 6.61 Å². The molecule has 0 saturated carbocycles. The fourth-order valence-corrected chi connectivity index (χ4v) is 2.27. The average molecular weight is 258 g/mol. The molecule has 0 spiro atoms. The smallest absolute Gasteiger partial charge is 0.0679 e. The molecular weight excluding hydrogens is 224 g/mol. The van der Waals surface area contributed by atoms with Crippen LogP contribution < -0.4 is 11.6 Å². The molecule has 0 bridgehead atoms. The van der Waals surface area contributed by atoms with Gasteiger partial charge in [-0.05, 0) is 19.4 Å². The molecule has 3 heteroatoms. The molecule has 0 aliphatic heterocycles. The maximum atomic E-state index is 5.46. The molecule has 110 valence electrons. The molecule has 0 unspecified atom stereocenters. The summed E-state index contributed by atoms with van der Waals surface area (Å²) in [5, 5.41) is 0. The fourth-order valence-electron chi connectivity index (χ4n) is 2.27. The van der Waals surface area contributed by atoms with Gasteiger partial charge in [-0.2, -0.15) is 0 Å². The second-order valence-corrected chi connectivity index (χ2v) is 5.26. The lowest BCUT2D eigenvalue weighted by Gasteiger charge is -2.03. The molecule has 0 aliphatic carbocycles. The Hall–Kier alpha value is -0.120. The Labute approximate surface area is 114 Å². The molecule has 0 aromatic rings. The van der Waals surface area contributed by atoms with Gasteiger partial charge < -0.3 is 10.6 Å². The Kier molecular flexibility index (Phi) is 16.8. The van der Waals surface area contributed by atoms with Gasteiger partial charge in [0.25, 0.3) is 0 Å². The van der Waals surface area contributed by atoms with E-state index < -0.39 is 0 Å². The van der Waals surface area contributed by atoms with Gasteiger partial charge in [0.2, 0.25) is 0 Å². The van der Waals surface area contributed by atoms with E-state index in [9.17, 15) is 0 Å². The van der Waals surface area contributed by atoms with E-state index in [2.05, 4.69) is 4.84 Å². The van der Waals surface area contributed by atoms with Crippen LogP contribution in [0.5, 0.6) is 0 Å². The van der Waals surface area contributed by atoms with Crippen LogP contribution in [0, 0.1) is 0 Å². The highest BCUT2D eigenvalue weighted by atomic mass is 16.6. The summed E-state index contributed by atoms with van der Waals surface area (Å²) in [4.78, 5) is 4.54. The lowest BCUT2D eigenvalue weighted by Crippen LogP contribution is -2.00. The van der Waals surface area contributed by atoms with Gasteiger partial charge in [-0.1, -0.05) is 70.6 Å². The predicted octanol–water partition coefficient (Wildman–Crippen LogP) is 3.91. The van der Waals surface area contributed by atoms with Crippen molar-refractivity contribution in [3.05, 3.63) is 0 Å². The first-order valence-corrected chi connectivity index (χ1v) is 7.93. The van der Waals surface area contributed by atoms with E-state index >= 15 is 0 Å². The maximum absolute atomic E-state index is 5.46. The van der Waals surface area contributed by atoms with Crippen LogP contribution in [0.25, 0.3) is 0 Å². The zero-order valence-corrected chi connectivity index (χ0v) is 12.2. The Morgan fingerprint density at radius 1 is 0.500 bits per heavy atom. The van der Waals surface area contributed by atoms with Crippen LogP contribution >= 0.6 is 0 Å². The van der Waals surface area contributed by atoms with Gasteiger partial charge in [-0.3, -0.25) is 0 Å². The predicted molar refractivity (Wildman–Crippen MR) is 79.2 cm³/mol. The van der Waals surface area contributed by atoms with Crippen LogP contribution in [0.3, 0.4) is 0 Å². The molecule has 0 aliphatic rings. The van der Waals surface area contributed by atoms with E-state index in [1.165, 1.54) is 77.0 Å². The third-order valence-electron chi connectivity index (χ3n) is 3.47. The summed E-state index contributed by atoms with van der Waals surface area (Å²) in [6.45, 7) is 1.57. The molecule has 0 fully saturated rings. The first kappa shape index (κ1) is 17.9. The van der Waals surface area contributed by atoms with Crippen molar-refractivity contribution in [2.24, 2.45) is 11.6 Å². The van der Waals surface area contributed by atoms with Crippen LogP contribution in [0.2, 0.25) is 0 Å². The molecule has 0 saturated heterocycles. The number of unbranched alkanes of at least 4 members (excludes halogenated alkanes) is 12. The van der Waals surface area contributed by atoms with Gasteiger partial charge in [0.1, 0.15) is 0 Å². The normalized spacial score (nSPS) is 11.0. The minimum Gasteiger partial charge on any atom is -0.330 e. The molecule has 0 amide bonds. The van der Waals surface area contributed by atoms with Crippen molar-refractivity contribution < 1.29 is 4.84 Å². The van der Waals surface area contributed by atoms with E-state index in [1.807, 2.05) is 0 Å². The summed E-state index contributed by atoms with van der Waals surface area (Å²) in [6, 6.07) is 0. The van der Waals surface area contributed by atoms with Gasteiger partial charge in [0, 0.05) is 0 Å². The second kappa shape index (κ2) is 16.9. The van der Waals surface area contributed by atoms with Gasteiger partial charge in [0.15, 0.2) is 0 Å². The highest BCUT2D eigenvalue weighted by molar-refractivity contribution is 4.49. The van der Waals surface area contributed by atoms with Crippen molar-refractivity contribution >= 4 is 0 Å². The molecule has 0 atom stereocenters. The topological polar surface area (TPSA) is 61.3 Å². The SMILES string of the molecule is NCCCCCCCCCCCCCCCON. The Bertz CT molecular complexity index is 126. The molecule has 4 N–H and O–H groups in total. The number of hydrogen-bond acceptors (Lipinski definition) is 3. The third kappa shape index (κ3) is 15.9. The summed E-state index contributed by atoms with van der Waals surface area (Å²) in [5.41, 5.74) is 5.46. The number of rotatable bonds is 15. The van der Waals surface area contributed by atoms with Crippen molar-refractivity contribution in [2.75, 3.05) is 13.2 Å². The molecule has 18 heavy (non-hydrogen) atoms. The van der Waals surface area contributed by atoms with Crippen molar-refractivity contribution in [3.63, 3.8) is 0 Å². The van der Waals surface area contributed by atoms with E-state index in [0.29, 0.717) is 6.61 Å². The number of hydrogen-bond donors (Lipinski definition) is 2. The maximum Gasteiger partial charge on any atom is 0.0679 e. The van der Waals surface area contributed by atoms with Crippen molar-refractivity contribution in [3.8, 4) is 0 Å². The first-order valence-electron chi connectivity index (χ1n) is 7.93. The summed E-state index contributed by atoms with van der Waals surface area (Å²) < 4.78 is 0. The van der Waals surface area contributed by atoms with E-state index in [-0.39, 0.29) is 0 Å². The van der Waals surface area contributed by atoms with Gasteiger partial charge in [-0.15, -0.1) is 0 Å². The molecule has 0 heterocycles. The Morgan fingerprint density at radius 3 is 1.17 bits per heavy atom. The zero-order chi connectivity index (χ0) is 13.3. The van der Waals surface area contributed by atoms with Crippen molar-refractivity contribution in [1.29, 1.82) is 0 Å². The van der Waals surface area contributed by atoms with E-state index in [0.717, 1.165) is 13.0 Å². The fraction of sp³-hybridized carbons (Fsp3) is 1.00. The van der Waals surface area contributed by atoms with Crippen LogP contribution in [-0.2, 0) is 4.84 Å². The van der Waals surface area contributed by atoms with Crippen LogP contribution in [-0.4, -0.2) is 13.2 Å². The monoisotopic (exact) mass is 258 g/mol. The molecule has 0 rings (SSSR count). The summed E-state index contributed by atoms with van der Waals surface area (Å²) in [7, 11) is 0. The van der Waals surface area contributed by atoms with Crippen molar-refractivity contribution in [1.82, 2.24) is 0 Å².